The van der Waals surface area contributed by atoms with Gasteiger partial charge in [0.15, 0.2) is 0 Å². The molecule has 1 aliphatic heterocycles. The largest absolute Gasteiger partial charge is 0.457 e. The molecule has 8 heteroatoms. The van der Waals surface area contributed by atoms with E-state index < -0.39 is 5.92 Å². The van der Waals surface area contributed by atoms with E-state index in [-0.39, 0.29) is 11.8 Å². The van der Waals surface area contributed by atoms with Crippen molar-refractivity contribution in [1.82, 2.24) is 15.2 Å². The second-order valence-corrected chi connectivity index (χ2v) is 8.16. The lowest BCUT2D eigenvalue weighted by Gasteiger charge is -2.26. The van der Waals surface area contributed by atoms with E-state index in [4.69, 9.17) is 4.74 Å². The summed E-state index contributed by atoms with van der Waals surface area (Å²) in [6, 6.07) is 23.9. The van der Waals surface area contributed by atoms with Gasteiger partial charge in [0.2, 0.25) is 0 Å². The minimum Gasteiger partial charge on any atom is -0.457 e. The Bertz CT molecular complexity index is 1410. The van der Waals surface area contributed by atoms with Gasteiger partial charge in [-0.3, -0.25) is 14.3 Å². The minimum absolute atomic E-state index is 0.256. The third-order valence-electron chi connectivity index (χ3n) is 5.87. The van der Waals surface area contributed by atoms with Crippen molar-refractivity contribution < 1.29 is 14.3 Å². The van der Waals surface area contributed by atoms with Gasteiger partial charge in [0.1, 0.15) is 17.2 Å². The van der Waals surface area contributed by atoms with E-state index in [0.717, 1.165) is 16.7 Å². The average Bonchev–Trinajstić information content (AvgIpc) is 3.31. The molecule has 2 heterocycles. The van der Waals surface area contributed by atoms with Gasteiger partial charge in [0.25, 0.3) is 11.8 Å². The maximum Gasteiger partial charge on any atom is 0.273 e. The first kappa shape index (κ1) is 22.1. The molecule has 0 aliphatic carbocycles. The molecule has 35 heavy (non-hydrogen) atoms. The second kappa shape index (κ2) is 9.26. The molecule has 3 aromatic carbocycles. The number of carbonyl (C=O) groups excluding carboxylic acids is 2. The number of para-hydroxylation sites is 2. The minimum atomic E-state index is -0.544. The summed E-state index contributed by atoms with van der Waals surface area (Å²) >= 11 is 0. The molecular formula is C27H23N5O3. The lowest BCUT2D eigenvalue weighted by Crippen LogP contribution is -2.29. The molecule has 0 bridgehead atoms. The number of hydrogen-bond donors (Lipinski definition) is 2. The van der Waals surface area contributed by atoms with E-state index in [9.17, 15) is 9.59 Å². The lowest BCUT2D eigenvalue weighted by atomic mass is 9.87. The van der Waals surface area contributed by atoms with E-state index in [1.165, 1.54) is 4.68 Å². The smallest absolute Gasteiger partial charge is 0.273 e. The molecule has 2 amide bonds. The van der Waals surface area contributed by atoms with Crippen LogP contribution in [0.4, 0.5) is 5.69 Å². The van der Waals surface area contributed by atoms with Crippen molar-refractivity contribution in [3.05, 3.63) is 107 Å². The van der Waals surface area contributed by atoms with E-state index in [2.05, 4.69) is 20.9 Å². The van der Waals surface area contributed by atoms with E-state index in [1.54, 1.807) is 38.4 Å². The molecule has 0 fully saturated rings. The highest BCUT2D eigenvalue weighted by Gasteiger charge is 2.32. The summed E-state index contributed by atoms with van der Waals surface area (Å²) in [4.78, 5) is 25.8. The van der Waals surface area contributed by atoms with Gasteiger partial charge in [0, 0.05) is 30.1 Å². The highest BCUT2D eigenvalue weighted by molar-refractivity contribution is 6.05. The number of aryl methyl sites for hydroxylation is 1. The van der Waals surface area contributed by atoms with Gasteiger partial charge in [-0.2, -0.15) is 10.2 Å². The summed E-state index contributed by atoms with van der Waals surface area (Å²) in [5, 5.41) is 11.2. The summed E-state index contributed by atoms with van der Waals surface area (Å²) in [6.07, 6.45) is 1.57. The normalized spacial score (nSPS) is 12.8. The third kappa shape index (κ3) is 4.41. The Morgan fingerprint density at radius 3 is 2.29 bits per heavy atom. The number of benzene rings is 3. The molecule has 0 saturated carbocycles. The first-order chi connectivity index (χ1) is 17.0. The number of carbonyl (C=O) groups is 2. The van der Waals surface area contributed by atoms with Crippen LogP contribution in [-0.4, -0.2) is 27.3 Å². The van der Waals surface area contributed by atoms with Gasteiger partial charge in [-0.05, 0) is 42.8 Å². The van der Waals surface area contributed by atoms with Crippen molar-refractivity contribution in [3.63, 3.8) is 0 Å². The van der Waals surface area contributed by atoms with Crippen molar-refractivity contribution >= 4 is 23.2 Å². The zero-order chi connectivity index (χ0) is 24.4. The molecule has 1 aromatic heterocycles. The van der Waals surface area contributed by atoms with Gasteiger partial charge >= 0.3 is 0 Å². The Kier molecular flexibility index (Phi) is 5.85. The van der Waals surface area contributed by atoms with E-state index in [1.807, 2.05) is 60.7 Å². The molecule has 5 rings (SSSR count). The van der Waals surface area contributed by atoms with Gasteiger partial charge in [-0.25, -0.2) is 5.43 Å². The van der Waals surface area contributed by atoms with Crippen molar-refractivity contribution in [3.8, 4) is 11.5 Å². The molecule has 2 N–H and O–H groups in total. The third-order valence-corrected chi connectivity index (χ3v) is 5.87. The van der Waals surface area contributed by atoms with Gasteiger partial charge < -0.3 is 10.1 Å². The summed E-state index contributed by atoms with van der Waals surface area (Å²) in [5.74, 6) is 0.250. The highest BCUT2D eigenvalue weighted by Crippen LogP contribution is 2.43. The average molecular weight is 466 g/mol. The van der Waals surface area contributed by atoms with Crippen LogP contribution in [0.2, 0.25) is 0 Å². The van der Waals surface area contributed by atoms with Crippen LogP contribution in [0.15, 0.2) is 90.2 Å². The van der Waals surface area contributed by atoms with E-state index in [0.29, 0.717) is 28.6 Å². The van der Waals surface area contributed by atoms with Crippen LogP contribution in [-0.2, 0) is 11.8 Å². The number of nitrogens with one attached hydrogen (secondary N) is 2. The molecule has 174 valence electrons. The molecule has 1 aliphatic rings. The second-order valence-electron chi connectivity index (χ2n) is 8.16. The van der Waals surface area contributed by atoms with Crippen molar-refractivity contribution in [1.29, 1.82) is 0 Å². The molecule has 0 unspecified atom stereocenters. The number of ether oxygens (including phenoxy) is 1. The fraction of sp³-hybridized carbons (Fsp3) is 0.111. The zero-order valence-corrected chi connectivity index (χ0v) is 19.2. The van der Waals surface area contributed by atoms with Crippen LogP contribution in [0.1, 0.15) is 40.0 Å². The number of aromatic nitrogens is 2. The Hall–Kier alpha value is -4.72. The molecular weight excluding hydrogens is 442 g/mol. The van der Waals surface area contributed by atoms with Crippen LogP contribution in [0.5, 0.6) is 11.5 Å². The highest BCUT2D eigenvalue weighted by atomic mass is 16.5. The topological polar surface area (TPSA) is 97.6 Å². The molecule has 4 aromatic rings. The van der Waals surface area contributed by atoms with Gasteiger partial charge in [0.05, 0.1) is 11.6 Å². The molecule has 0 radical (unpaired) electrons. The number of nitrogens with zero attached hydrogens (tertiary/aromatic N) is 3. The first-order valence-corrected chi connectivity index (χ1v) is 11.1. The molecule has 0 saturated heterocycles. The Morgan fingerprint density at radius 2 is 1.63 bits per heavy atom. The van der Waals surface area contributed by atoms with E-state index >= 15 is 0 Å². The molecule has 8 nitrogen and oxygen atoms in total. The number of hydrogen-bond acceptors (Lipinski definition) is 5. The number of amides is 2. The number of hydrazone groups is 1. The maximum atomic E-state index is 13.3. The SMILES string of the molecule is C/C(=N/NC(=O)C1c2ccccc2Oc2ccccc21)c1cccc(NC(=O)c2ccnn2C)c1. The fourth-order valence-electron chi connectivity index (χ4n) is 4.07. The lowest BCUT2D eigenvalue weighted by molar-refractivity contribution is -0.121. The first-order valence-electron chi connectivity index (χ1n) is 11.1. The monoisotopic (exact) mass is 465 g/mol. The summed E-state index contributed by atoms with van der Waals surface area (Å²) in [6.45, 7) is 1.80. The standard InChI is InChI=1S/C27H23N5O3/c1-17(18-8-7-9-19(16-18)29-26(33)22-14-15-28-32(22)2)30-31-27(34)25-20-10-3-5-12-23(20)35-24-13-6-4-11-21(24)25/h3-16,25H,1-2H3,(H,29,33)(H,31,34)/b30-17-. The fourth-order valence-corrected chi connectivity index (χ4v) is 4.07. The van der Waals surface area contributed by atoms with Crippen LogP contribution < -0.4 is 15.5 Å². The Labute approximate surface area is 202 Å². The predicted octanol–water partition coefficient (Wildman–Crippen LogP) is 4.45. The summed E-state index contributed by atoms with van der Waals surface area (Å²) in [5.41, 5.74) is 6.72. The van der Waals surface area contributed by atoms with Crippen LogP contribution >= 0.6 is 0 Å². The number of anilines is 1. The zero-order valence-electron chi connectivity index (χ0n) is 19.2. The molecule has 0 atom stereocenters. The quantitative estimate of drug-likeness (QED) is 0.336. The van der Waals surface area contributed by atoms with Crippen LogP contribution in [0, 0.1) is 0 Å². The summed E-state index contributed by atoms with van der Waals surface area (Å²) < 4.78 is 7.48. The van der Waals surface area contributed by atoms with Crippen LogP contribution in [0.25, 0.3) is 0 Å². The van der Waals surface area contributed by atoms with Crippen molar-refractivity contribution in [2.45, 2.75) is 12.8 Å². The number of fused-ring (bicyclic) bond motifs is 2. The predicted molar refractivity (Wildman–Crippen MR) is 133 cm³/mol. The number of rotatable bonds is 5. The summed E-state index contributed by atoms with van der Waals surface area (Å²) in [7, 11) is 1.71. The molecule has 0 spiro atoms. The Balaban J connectivity index is 1.35. The Morgan fingerprint density at radius 1 is 0.943 bits per heavy atom. The van der Waals surface area contributed by atoms with Crippen molar-refractivity contribution in [2.24, 2.45) is 12.1 Å². The maximum absolute atomic E-state index is 13.3. The van der Waals surface area contributed by atoms with Gasteiger partial charge in [-0.15, -0.1) is 0 Å². The van der Waals surface area contributed by atoms with Gasteiger partial charge in [-0.1, -0.05) is 48.5 Å². The van der Waals surface area contributed by atoms with Crippen molar-refractivity contribution in [2.75, 3.05) is 5.32 Å². The van der Waals surface area contributed by atoms with Crippen LogP contribution in [0.3, 0.4) is 0 Å².